The molecule has 10 heteroatoms. The summed E-state index contributed by atoms with van der Waals surface area (Å²) in [5, 5.41) is 31.9. The van der Waals surface area contributed by atoms with E-state index in [1.807, 2.05) is 33.8 Å². The van der Waals surface area contributed by atoms with E-state index < -0.39 is 19.7 Å². The van der Waals surface area contributed by atoms with Crippen LogP contribution in [0.15, 0.2) is 36.4 Å². The maximum Gasteiger partial charge on any atom is 0.404 e. The average Bonchev–Trinajstić information content (AvgIpc) is 2.84. The number of rotatable bonds is 12. The Morgan fingerprint density at radius 2 is 1.73 bits per heavy atom. The van der Waals surface area contributed by atoms with Gasteiger partial charge in [-0.15, -0.1) is 0 Å². The first kappa shape index (κ1) is 29.6. The number of carboxylic acid groups (broad SMARTS) is 1. The van der Waals surface area contributed by atoms with E-state index in [0.717, 1.165) is 0 Å². The van der Waals surface area contributed by atoms with Crippen molar-refractivity contribution in [3.63, 3.8) is 0 Å². The lowest BCUT2D eigenvalue weighted by atomic mass is 10.1. The van der Waals surface area contributed by atoms with Crippen molar-refractivity contribution in [2.45, 2.75) is 64.1 Å². The highest BCUT2D eigenvalue weighted by atomic mass is 28.4. The molecule has 1 amide bonds. The largest absolute Gasteiger partial charge is 0.538 e. The summed E-state index contributed by atoms with van der Waals surface area (Å²) < 4.78 is 28.3. The third-order valence-corrected chi connectivity index (χ3v) is 12.3. The summed E-state index contributed by atoms with van der Waals surface area (Å²) in [4.78, 5) is 10.9. The summed E-state index contributed by atoms with van der Waals surface area (Å²) in [5.41, 5.74) is 2.30. The zero-order valence-electron chi connectivity index (χ0n) is 22.2. The summed E-state index contributed by atoms with van der Waals surface area (Å²) in [6, 6.07) is 14.5. The van der Waals surface area contributed by atoms with Crippen LogP contribution in [0.1, 0.15) is 56.9 Å². The van der Waals surface area contributed by atoms with Gasteiger partial charge in [0.1, 0.15) is 11.8 Å². The second-order valence-corrected chi connectivity index (χ2v) is 14.9. The molecule has 0 radical (unpaired) electrons. The number of hydrogen-bond donors (Lipinski definition) is 3. The van der Waals surface area contributed by atoms with Crippen LogP contribution < -0.4 is 15.1 Å². The number of para-hydroxylation sites is 1. The van der Waals surface area contributed by atoms with Crippen molar-refractivity contribution in [2.75, 3.05) is 19.0 Å². The summed E-state index contributed by atoms with van der Waals surface area (Å²) in [6.45, 7) is 9.47. The number of anilines is 1. The van der Waals surface area contributed by atoms with Crippen LogP contribution in [0.5, 0.6) is 5.75 Å². The number of nitrogens with zero attached hydrogens (tertiary/aromatic N) is 2. The topological polar surface area (TPSA) is 127 Å². The van der Waals surface area contributed by atoms with Crippen molar-refractivity contribution in [3.8, 4) is 17.9 Å². The third kappa shape index (κ3) is 6.59. The minimum atomic E-state index is -3.24. The Balaban J connectivity index is 2.49. The molecule has 2 aromatic rings. The van der Waals surface area contributed by atoms with Crippen LogP contribution in [-0.4, -0.2) is 38.5 Å². The molecule has 0 aliphatic carbocycles. The van der Waals surface area contributed by atoms with Gasteiger partial charge in [-0.25, -0.2) is 9.18 Å². The number of carbonyl (C=O) groups is 1. The Kier molecular flexibility index (Phi) is 10.1. The zero-order valence-corrected chi connectivity index (χ0v) is 23.2. The first-order valence-electron chi connectivity index (χ1n) is 12.1. The second-order valence-electron chi connectivity index (χ2n) is 9.74. The number of nitriles is 2. The molecule has 3 N–H and O–H groups in total. The van der Waals surface area contributed by atoms with Gasteiger partial charge in [-0.1, -0.05) is 39.8 Å². The lowest BCUT2D eigenvalue weighted by molar-refractivity contribution is 0.0882. The second kappa shape index (κ2) is 12.6. The monoisotopic (exact) mass is 526 g/mol. The molecule has 37 heavy (non-hydrogen) atoms. The maximum atomic E-state index is 16.3. The van der Waals surface area contributed by atoms with Gasteiger partial charge in [0.05, 0.1) is 23.8 Å². The van der Waals surface area contributed by atoms with Crippen molar-refractivity contribution < 1.29 is 23.5 Å². The van der Waals surface area contributed by atoms with Gasteiger partial charge in [-0.3, -0.25) is 0 Å². The first-order valence-corrected chi connectivity index (χ1v) is 14.1. The molecule has 0 bridgehead atoms. The Labute approximate surface area is 219 Å². The maximum absolute atomic E-state index is 16.3. The van der Waals surface area contributed by atoms with Crippen molar-refractivity contribution in [1.29, 1.82) is 10.5 Å². The lowest BCUT2D eigenvalue weighted by Crippen LogP contribution is -2.65. The van der Waals surface area contributed by atoms with Gasteiger partial charge in [0.25, 0.3) is 8.32 Å². The molecule has 0 fully saturated rings. The van der Waals surface area contributed by atoms with E-state index >= 15 is 4.39 Å². The predicted molar refractivity (Wildman–Crippen MR) is 142 cm³/mol. The van der Waals surface area contributed by atoms with Gasteiger partial charge in [0.2, 0.25) is 0 Å². The number of nitrogens with one attached hydrogen (secondary N) is 2. The normalized spacial score (nSPS) is 12.9. The van der Waals surface area contributed by atoms with Crippen LogP contribution in [0, 0.1) is 22.7 Å². The molecule has 1 unspecified atom stereocenters. The molecule has 2 aromatic carbocycles. The summed E-state index contributed by atoms with van der Waals surface area (Å²) >= 11 is 0. The summed E-state index contributed by atoms with van der Waals surface area (Å²) in [5.74, 6) is 0.355. The highest BCUT2D eigenvalue weighted by Gasteiger charge is 2.60. The molecule has 0 saturated carbocycles. The smallest absolute Gasteiger partial charge is 0.404 e. The lowest BCUT2D eigenvalue weighted by Gasteiger charge is -2.46. The van der Waals surface area contributed by atoms with E-state index in [1.165, 1.54) is 14.0 Å². The molecular weight excluding hydrogens is 491 g/mol. The zero-order chi connectivity index (χ0) is 27.8. The number of amides is 1. The molecule has 0 saturated heterocycles. The number of halogens is 1. The third-order valence-electron chi connectivity index (χ3n) is 6.57. The number of methoxy groups -OCH3 is 1. The molecule has 1 atom stereocenters. The molecule has 2 rings (SSSR count). The van der Waals surface area contributed by atoms with E-state index in [4.69, 9.17) is 14.3 Å². The van der Waals surface area contributed by atoms with Gasteiger partial charge < -0.3 is 24.9 Å². The minimum Gasteiger partial charge on any atom is -0.538 e. The van der Waals surface area contributed by atoms with Crippen molar-refractivity contribution >= 4 is 20.1 Å². The van der Waals surface area contributed by atoms with Crippen molar-refractivity contribution in [3.05, 3.63) is 58.7 Å². The van der Waals surface area contributed by atoms with Crippen LogP contribution >= 0.6 is 0 Å². The Morgan fingerprint density at radius 1 is 1.08 bits per heavy atom. The Bertz CT molecular complexity index is 1180. The molecule has 198 valence electrons. The van der Waals surface area contributed by atoms with Crippen LogP contribution in [0.3, 0.4) is 0 Å². The van der Waals surface area contributed by atoms with Crippen molar-refractivity contribution in [2.24, 2.45) is 0 Å². The number of benzene rings is 2. The molecule has 8 nitrogen and oxygen atoms in total. The van der Waals surface area contributed by atoms with Crippen LogP contribution in [0.4, 0.5) is 14.9 Å². The van der Waals surface area contributed by atoms with E-state index in [9.17, 15) is 15.3 Å². The highest BCUT2D eigenvalue weighted by Crippen LogP contribution is 2.45. The van der Waals surface area contributed by atoms with E-state index in [0.29, 0.717) is 33.7 Å². The fraction of sp³-hybridized carbons (Fsp3) is 0.444. The van der Waals surface area contributed by atoms with Gasteiger partial charge in [0, 0.05) is 31.5 Å². The molecular formula is C27H35FN4O4Si. The quantitative estimate of drug-likeness (QED) is 0.295. The van der Waals surface area contributed by atoms with Crippen LogP contribution in [-0.2, 0) is 17.8 Å². The molecule has 0 spiro atoms. The molecule has 0 aliphatic heterocycles. The Hall–Kier alpha value is -3.60. The van der Waals surface area contributed by atoms with Crippen molar-refractivity contribution in [1.82, 2.24) is 5.32 Å². The average molecular weight is 527 g/mol. The SMILES string of the molecule is COCC(C)(F)[Si](Oc1c(C#N)cccc1CNc1ccc(C#N)c(CNC(=O)O)c1)(C(C)C)C(C)C. The van der Waals surface area contributed by atoms with Gasteiger partial charge in [0.15, 0.2) is 5.29 Å². The van der Waals surface area contributed by atoms with Crippen LogP contribution in [0.2, 0.25) is 11.1 Å². The first-order chi connectivity index (χ1) is 17.4. The standard InChI is InChI=1S/C27H35FN4O4Si/c1-18(2)37(19(3)4,27(5,28)17-35-6)36-25-21(14-30)8-7-9-22(25)15-31-24-11-10-20(13-29)23(12-24)16-32-26(33)34/h7-12,18-19,31-32H,15-17H2,1-6H3,(H,33,34). The number of alkyl halides is 1. The highest BCUT2D eigenvalue weighted by molar-refractivity contribution is 6.79. The molecule has 0 heterocycles. The Morgan fingerprint density at radius 3 is 2.27 bits per heavy atom. The predicted octanol–water partition coefficient (Wildman–Crippen LogP) is 5.87. The van der Waals surface area contributed by atoms with Gasteiger partial charge >= 0.3 is 6.09 Å². The van der Waals surface area contributed by atoms with Gasteiger partial charge in [-0.2, -0.15) is 10.5 Å². The molecule has 0 aromatic heterocycles. The minimum absolute atomic E-state index is 0.0164. The number of ether oxygens (including phenoxy) is 1. The fourth-order valence-corrected chi connectivity index (χ4v) is 10.4. The summed E-state index contributed by atoms with van der Waals surface area (Å²) in [7, 11) is -1.77. The molecule has 0 aliphatic rings. The van der Waals surface area contributed by atoms with E-state index in [-0.39, 0.29) is 30.8 Å². The number of hydrogen-bond acceptors (Lipinski definition) is 6. The van der Waals surface area contributed by atoms with Crippen LogP contribution in [0.25, 0.3) is 0 Å². The summed E-state index contributed by atoms with van der Waals surface area (Å²) in [6.07, 6.45) is -1.19. The van der Waals surface area contributed by atoms with Gasteiger partial charge in [-0.05, 0) is 47.8 Å². The fourth-order valence-electron chi connectivity index (χ4n) is 5.03. The van der Waals surface area contributed by atoms with E-state index in [1.54, 1.807) is 30.3 Å². The van der Waals surface area contributed by atoms with E-state index in [2.05, 4.69) is 22.8 Å².